The van der Waals surface area contributed by atoms with Gasteiger partial charge in [0.1, 0.15) is 30.2 Å². The van der Waals surface area contributed by atoms with Crippen molar-refractivity contribution in [1.29, 1.82) is 0 Å². The molecule has 96 valence electrons. The van der Waals surface area contributed by atoms with Gasteiger partial charge < -0.3 is 9.32 Å². The third kappa shape index (κ3) is 2.58. The fraction of sp³-hybridized carbons (Fsp3) is 0.417. The number of carbonyl (C=O) groups is 1. The van der Waals surface area contributed by atoms with E-state index in [4.69, 9.17) is 4.42 Å². The van der Waals surface area contributed by atoms with Crippen LogP contribution in [0.25, 0.3) is 0 Å². The van der Waals surface area contributed by atoms with Crippen molar-refractivity contribution in [2.75, 3.05) is 7.05 Å². The van der Waals surface area contributed by atoms with E-state index in [9.17, 15) is 4.79 Å². The maximum absolute atomic E-state index is 12.1. The van der Waals surface area contributed by atoms with Gasteiger partial charge >= 0.3 is 0 Å². The van der Waals surface area contributed by atoms with E-state index in [-0.39, 0.29) is 11.9 Å². The lowest BCUT2D eigenvalue weighted by Crippen LogP contribution is -2.32. The molecular weight excluding hydrogens is 232 g/mol. The molecule has 2 rings (SSSR count). The Morgan fingerprint density at radius 1 is 1.56 bits per heavy atom. The summed E-state index contributed by atoms with van der Waals surface area (Å²) >= 11 is 0. The second kappa shape index (κ2) is 5.03. The number of likely N-dealkylation sites (N-methyl/N-ethyl adjacent to an activating group) is 1. The summed E-state index contributed by atoms with van der Waals surface area (Å²) < 4.78 is 6.98. The van der Waals surface area contributed by atoms with Gasteiger partial charge in [0.15, 0.2) is 0 Å². The van der Waals surface area contributed by atoms with Gasteiger partial charge in [-0.25, -0.2) is 9.67 Å². The lowest BCUT2D eigenvalue weighted by Gasteiger charge is -2.20. The first-order valence-electron chi connectivity index (χ1n) is 5.72. The molecule has 0 aliphatic heterocycles. The monoisotopic (exact) mass is 248 g/mol. The van der Waals surface area contributed by atoms with E-state index in [1.54, 1.807) is 18.9 Å². The van der Waals surface area contributed by atoms with Gasteiger partial charge in [0.2, 0.25) is 5.91 Å². The van der Waals surface area contributed by atoms with Crippen molar-refractivity contribution in [3.05, 3.63) is 36.3 Å². The molecule has 2 aromatic rings. The zero-order valence-corrected chi connectivity index (χ0v) is 10.7. The summed E-state index contributed by atoms with van der Waals surface area (Å²) in [6, 6.07) is 3.39. The van der Waals surface area contributed by atoms with Gasteiger partial charge in [-0.3, -0.25) is 4.79 Å². The summed E-state index contributed by atoms with van der Waals surface area (Å²) in [6.07, 6.45) is 2.95. The molecule has 0 saturated heterocycles. The van der Waals surface area contributed by atoms with Crippen LogP contribution in [0.5, 0.6) is 0 Å². The molecule has 6 nitrogen and oxygen atoms in total. The van der Waals surface area contributed by atoms with Crippen molar-refractivity contribution in [2.45, 2.75) is 26.4 Å². The van der Waals surface area contributed by atoms with Crippen LogP contribution in [-0.4, -0.2) is 32.6 Å². The fourth-order valence-corrected chi connectivity index (χ4v) is 1.73. The molecule has 0 radical (unpaired) electrons. The van der Waals surface area contributed by atoms with Crippen LogP contribution < -0.4 is 0 Å². The topological polar surface area (TPSA) is 64.2 Å². The molecule has 0 aromatic carbocycles. The van der Waals surface area contributed by atoms with Gasteiger partial charge in [0, 0.05) is 7.05 Å². The third-order valence-corrected chi connectivity index (χ3v) is 2.76. The van der Waals surface area contributed by atoms with E-state index < -0.39 is 0 Å². The van der Waals surface area contributed by atoms with Crippen molar-refractivity contribution >= 4 is 5.91 Å². The van der Waals surface area contributed by atoms with Crippen LogP contribution >= 0.6 is 0 Å². The molecule has 2 heterocycles. The van der Waals surface area contributed by atoms with Crippen LogP contribution in [0, 0.1) is 6.92 Å². The zero-order valence-electron chi connectivity index (χ0n) is 10.7. The highest BCUT2D eigenvalue weighted by atomic mass is 16.3. The van der Waals surface area contributed by atoms with Gasteiger partial charge in [0.25, 0.3) is 0 Å². The molecule has 18 heavy (non-hydrogen) atoms. The maximum atomic E-state index is 12.1. The van der Waals surface area contributed by atoms with Crippen molar-refractivity contribution in [3.63, 3.8) is 0 Å². The number of nitrogens with zero attached hydrogens (tertiary/aromatic N) is 4. The second-order valence-corrected chi connectivity index (χ2v) is 4.26. The van der Waals surface area contributed by atoms with Gasteiger partial charge in [0.05, 0.1) is 6.54 Å². The maximum Gasteiger partial charge on any atom is 0.247 e. The number of hydrogen-bond acceptors (Lipinski definition) is 4. The summed E-state index contributed by atoms with van der Waals surface area (Å²) in [5, 5.41) is 3.97. The Labute approximate surface area is 105 Å². The summed E-state index contributed by atoms with van der Waals surface area (Å²) in [5.74, 6) is 1.58. The number of aromatic nitrogens is 3. The SMILES string of the molecule is Cc1ccc(CN(C)C(=O)[C@@H](C)n2cncn2)o1. The van der Waals surface area contributed by atoms with E-state index in [1.807, 2.05) is 19.1 Å². The molecule has 0 spiro atoms. The molecule has 0 bridgehead atoms. The minimum Gasteiger partial charge on any atom is -0.464 e. The number of hydrogen-bond donors (Lipinski definition) is 0. The molecule has 0 fully saturated rings. The van der Waals surface area contributed by atoms with Crippen molar-refractivity contribution in [3.8, 4) is 0 Å². The van der Waals surface area contributed by atoms with Gasteiger partial charge in [-0.15, -0.1) is 0 Å². The number of rotatable bonds is 4. The second-order valence-electron chi connectivity index (χ2n) is 4.26. The average molecular weight is 248 g/mol. The number of aryl methyl sites for hydroxylation is 1. The van der Waals surface area contributed by atoms with Gasteiger partial charge in [-0.2, -0.15) is 5.10 Å². The van der Waals surface area contributed by atoms with E-state index in [0.717, 1.165) is 11.5 Å². The van der Waals surface area contributed by atoms with E-state index in [0.29, 0.717) is 6.54 Å². The smallest absolute Gasteiger partial charge is 0.247 e. The highest BCUT2D eigenvalue weighted by Crippen LogP contribution is 2.12. The standard InChI is InChI=1S/C12H16N4O2/c1-9-4-5-11(18-9)6-15(3)12(17)10(2)16-8-13-7-14-16/h4-5,7-8,10H,6H2,1-3H3/t10-/m1/s1. The Bertz CT molecular complexity index is 518. The highest BCUT2D eigenvalue weighted by molar-refractivity contribution is 5.79. The summed E-state index contributed by atoms with van der Waals surface area (Å²) in [4.78, 5) is 17.6. The summed E-state index contributed by atoms with van der Waals surface area (Å²) in [6.45, 7) is 4.12. The minimum absolute atomic E-state index is 0.0328. The average Bonchev–Trinajstić information content (AvgIpc) is 2.98. The van der Waals surface area contributed by atoms with Gasteiger partial charge in [-0.05, 0) is 26.0 Å². The normalized spacial score (nSPS) is 12.4. The third-order valence-electron chi connectivity index (χ3n) is 2.76. The molecule has 0 aliphatic rings. The minimum atomic E-state index is -0.367. The number of furan rings is 1. The van der Waals surface area contributed by atoms with E-state index >= 15 is 0 Å². The van der Waals surface area contributed by atoms with Crippen molar-refractivity contribution in [2.24, 2.45) is 0 Å². The van der Waals surface area contributed by atoms with Crippen LogP contribution in [0.15, 0.2) is 29.2 Å². The molecule has 0 N–H and O–H groups in total. The quantitative estimate of drug-likeness (QED) is 0.820. The first-order chi connectivity index (χ1) is 8.58. The predicted molar refractivity (Wildman–Crippen MR) is 64.7 cm³/mol. The van der Waals surface area contributed by atoms with Crippen LogP contribution in [0.3, 0.4) is 0 Å². The van der Waals surface area contributed by atoms with Crippen LogP contribution in [0.1, 0.15) is 24.5 Å². The molecule has 6 heteroatoms. The Balaban J connectivity index is 2.00. The van der Waals surface area contributed by atoms with Crippen LogP contribution in [-0.2, 0) is 11.3 Å². The molecule has 1 atom stereocenters. The Morgan fingerprint density at radius 3 is 2.89 bits per heavy atom. The predicted octanol–water partition coefficient (Wildman–Crippen LogP) is 1.40. The molecule has 1 amide bonds. The fourth-order valence-electron chi connectivity index (χ4n) is 1.73. The lowest BCUT2D eigenvalue weighted by atomic mass is 10.3. The lowest BCUT2D eigenvalue weighted by molar-refractivity contribution is -0.134. The molecule has 0 unspecified atom stereocenters. The van der Waals surface area contributed by atoms with Crippen molar-refractivity contribution in [1.82, 2.24) is 19.7 Å². The number of amides is 1. The van der Waals surface area contributed by atoms with Gasteiger partial charge in [-0.1, -0.05) is 0 Å². The first kappa shape index (κ1) is 12.3. The van der Waals surface area contributed by atoms with Crippen LogP contribution in [0.4, 0.5) is 0 Å². The Morgan fingerprint density at radius 2 is 2.33 bits per heavy atom. The molecule has 0 saturated carbocycles. The zero-order chi connectivity index (χ0) is 13.1. The molecule has 0 aliphatic carbocycles. The molecular formula is C12H16N4O2. The summed E-state index contributed by atoms with van der Waals surface area (Å²) in [7, 11) is 1.74. The van der Waals surface area contributed by atoms with E-state index in [1.165, 1.54) is 17.3 Å². The Kier molecular flexibility index (Phi) is 3.45. The summed E-state index contributed by atoms with van der Waals surface area (Å²) in [5.41, 5.74) is 0. The van der Waals surface area contributed by atoms with Crippen molar-refractivity contribution < 1.29 is 9.21 Å². The van der Waals surface area contributed by atoms with Crippen LogP contribution in [0.2, 0.25) is 0 Å². The van der Waals surface area contributed by atoms with E-state index in [2.05, 4.69) is 10.1 Å². The number of carbonyl (C=O) groups excluding carboxylic acids is 1. The molecule has 2 aromatic heterocycles. The highest BCUT2D eigenvalue weighted by Gasteiger charge is 2.20. The largest absolute Gasteiger partial charge is 0.464 e. The first-order valence-corrected chi connectivity index (χ1v) is 5.72. The Hall–Kier alpha value is -2.11.